The van der Waals surface area contributed by atoms with Gasteiger partial charge in [-0.15, -0.1) is 0 Å². The summed E-state index contributed by atoms with van der Waals surface area (Å²) in [7, 11) is 1.32. The van der Waals surface area contributed by atoms with Crippen molar-refractivity contribution in [3.05, 3.63) is 11.6 Å². The van der Waals surface area contributed by atoms with E-state index in [1.165, 1.54) is 24.0 Å². The molecule has 0 aromatic heterocycles. The molecule has 1 saturated heterocycles. The largest absolute Gasteiger partial charge is 0.467 e. The summed E-state index contributed by atoms with van der Waals surface area (Å²) in [5.74, 6) is 0.586. The Morgan fingerprint density at radius 3 is 2.47 bits per heavy atom. The highest BCUT2D eigenvalue weighted by Gasteiger charge is 2.52. The predicted octanol–water partition coefficient (Wildman–Crippen LogP) is 3.45. The minimum Gasteiger partial charge on any atom is -0.467 e. The molecule has 0 bridgehead atoms. The molecule has 1 N–H and O–H groups in total. The van der Waals surface area contributed by atoms with Crippen molar-refractivity contribution in [1.29, 1.82) is 0 Å². The molecule has 2 fully saturated rings. The van der Waals surface area contributed by atoms with Gasteiger partial charge in [0.1, 0.15) is 12.1 Å². The number of ether oxygens (including phenoxy) is 1. The van der Waals surface area contributed by atoms with Gasteiger partial charge in [-0.2, -0.15) is 0 Å². The van der Waals surface area contributed by atoms with Gasteiger partial charge in [0.15, 0.2) is 0 Å². The van der Waals surface area contributed by atoms with E-state index in [2.05, 4.69) is 39.1 Å². The molecule has 3 rings (SSSR count). The van der Waals surface area contributed by atoms with Gasteiger partial charge in [-0.1, -0.05) is 32.4 Å². The Bertz CT molecular complexity index is 731. The second-order valence-corrected chi connectivity index (χ2v) is 10.0. The summed E-state index contributed by atoms with van der Waals surface area (Å²) in [6.07, 6.45) is 7.51. The van der Waals surface area contributed by atoms with E-state index in [1.807, 2.05) is 0 Å². The average molecular weight is 419 g/mol. The first-order valence-corrected chi connectivity index (χ1v) is 11.5. The number of nitrogens with zero attached hydrogens (tertiary/aromatic N) is 1. The van der Waals surface area contributed by atoms with Crippen molar-refractivity contribution in [1.82, 2.24) is 10.2 Å². The molecule has 6 heteroatoms. The minimum absolute atomic E-state index is 0.0244. The first-order chi connectivity index (χ1) is 14.1. The number of hydrogen-bond donors (Lipinski definition) is 1. The number of allylic oxidation sites excluding steroid dienone is 1. The zero-order valence-electron chi connectivity index (χ0n) is 19.4. The molecule has 3 aliphatic rings. The molecule has 6 atom stereocenters. The lowest BCUT2D eigenvalue weighted by molar-refractivity contribution is -0.152. The Labute approximate surface area is 180 Å². The van der Waals surface area contributed by atoms with Crippen molar-refractivity contribution in [2.24, 2.45) is 23.2 Å². The fourth-order valence-corrected chi connectivity index (χ4v) is 6.15. The summed E-state index contributed by atoms with van der Waals surface area (Å²) in [6.45, 7) is 10.7. The molecule has 2 aliphatic carbocycles. The number of esters is 1. The Balaban J connectivity index is 1.86. The lowest BCUT2D eigenvalue weighted by Crippen LogP contribution is -2.60. The maximum Gasteiger partial charge on any atom is 0.328 e. The van der Waals surface area contributed by atoms with E-state index in [0.717, 1.165) is 19.3 Å². The highest BCUT2D eigenvalue weighted by Crippen LogP contribution is 2.53. The third-order valence-electron chi connectivity index (χ3n) is 8.00. The molecule has 1 aliphatic heterocycles. The molecule has 0 aromatic rings. The number of carbonyl (C=O) groups excluding carboxylic acids is 3. The van der Waals surface area contributed by atoms with Crippen molar-refractivity contribution in [2.75, 3.05) is 7.11 Å². The first-order valence-electron chi connectivity index (χ1n) is 11.5. The third-order valence-corrected chi connectivity index (χ3v) is 8.00. The van der Waals surface area contributed by atoms with E-state index in [0.29, 0.717) is 24.2 Å². The van der Waals surface area contributed by atoms with Gasteiger partial charge < -0.3 is 15.0 Å². The lowest BCUT2D eigenvalue weighted by Gasteiger charge is -2.51. The Kier molecular flexibility index (Phi) is 6.63. The van der Waals surface area contributed by atoms with E-state index in [9.17, 15) is 14.4 Å². The number of nitrogens with one attached hydrogen (secondary N) is 1. The molecule has 30 heavy (non-hydrogen) atoms. The molecular formula is C24H38N2O4. The van der Waals surface area contributed by atoms with Gasteiger partial charge >= 0.3 is 5.97 Å². The Hall–Kier alpha value is -1.85. The van der Waals surface area contributed by atoms with Crippen LogP contribution in [-0.4, -0.2) is 47.9 Å². The van der Waals surface area contributed by atoms with Crippen LogP contribution in [0.4, 0.5) is 0 Å². The molecule has 1 saturated carbocycles. The van der Waals surface area contributed by atoms with Crippen LogP contribution in [0.25, 0.3) is 0 Å². The second-order valence-electron chi connectivity index (χ2n) is 10.0. The number of methoxy groups -OCH3 is 1. The maximum atomic E-state index is 13.4. The molecular weight excluding hydrogens is 380 g/mol. The monoisotopic (exact) mass is 418 g/mol. The fraction of sp³-hybridized carbons (Fsp3) is 0.792. The van der Waals surface area contributed by atoms with Crippen LogP contribution in [0.5, 0.6) is 0 Å². The molecule has 6 nitrogen and oxygen atoms in total. The number of likely N-dealkylation sites (tertiary alicyclic amines) is 1. The van der Waals surface area contributed by atoms with Crippen LogP contribution < -0.4 is 5.32 Å². The van der Waals surface area contributed by atoms with E-state index in [-0.39, 0.29) is 29.7 Å². The summed E-state index contributed by atoms with van der Waals surface area (Å²) in [4.78, 5) is 39.5. The van der Waals surface area contributed by atoms with E-state index < -0.39 is 18.1 Å². The smallest absolute Gasteiger partial charge is 0.328 e. The van der Waals surface area contributed by atoms with Crippen molar-refractivity contribution in [3.8, 4) is 0 Å². The van der Waals surface area contributed by atoms with Gasteiger partial charge in [-0.25, -0.2) is 4.79 Å². The Morgan fingerprint density at radius 1 is 1.20 bits per heavy atom. The highest BCUT2D eigenvalue weighted by molar-refractivity contribution is 5.93. The van der Waals surface area contributed by atoms with Gasteiger partial charge in [0, 0.05) is 17.9 Å². The predicted molar refractivity (Wildman–Crippen MR) is 115 cm³/mol. The molecule has 1 heterocycles. The first kappa shape index (κ1) is 22.8. The maximum absolute atomic E-state index is 13.4. The van der Waals surface area contributed by atoms with Gasteiger partial charge in [0.2, 0.25) is 11.8 Å². The fourth-order valence-electron chi connectivity index (χ4n) is 6.15. The van der Waals surface area contributed by atoms with Gasteiger partial charge in [0.05, 0.1) is 7.11 Å². The van der Waals surface area contributed by atoms with Crippen molar-refractivity contribution < 1.29 is 19.1 Å². The van der Waals surface area contributed by atoms with Crippen LogP contribution in [0.1, 0.15) is 73.1 Å². The average Bonchev–Trinajstić information content (AvgIpc) is 3.28. The number of rotatable bonds is 5. The normalized spacial score (nSPS) is 35.0. The lowest BCUT2D eigenvalue weighted by atomic mass is 9.58. The van der Waals surface area contributed by atoms with E-state index >= 15 is 0 Å². The summed E-state index contributed by atoms with van der Waals surface area (Å²) in [5, 5.41) is 3.38. The summed E-state index contributed by atoms with van der Waals surface area (Å²) < 4.78 is 4.87. The molecule has 0 radical (unpaired) electrons. The van der Waals surface area contributed by atoms with Crippen molar-refractivity contribution >= 4 is 17.8 Å². The van der Waals surface area contributed by atoms with Crippen molar-refractivity contribution in [2.45, 2.75) is 91.3 Å². The zero-order chi connectivity index (χ0) is 22.2. The highest BCUT2D eigenvalue weighted by atomic mass is 16.5. The van der Waals surface area contributed by atoms with Crippen LogP contribution in [0.3, 0.4) is 0 Å². The van der Waals surface area contributed by atoms with Crippen LogP contribution in [0, 0.1) is 23.2 Å². The minimum atomic E-state index is -0.697. The van der Waals surface area contributed by atoms with Crippen LogP contribution in [0.2, 0.25) is 0 Å². The van der Waals surface area contributed by atoms with Crippen molar-refractivity contribution in [3.63, 3.8) is 0 Å². The topological polar surface area (TPSA) is 75.7 Å². The number of carbonyl (C=O) groups is 3. The molecule has 1 spiro atoms. The Morgan fingerprint density at radius 2 is 1.90 bits per heavy atom. The molecule has 0 aromatic carbocycles. The molecule has 168 valence electrons. The van der Waals surface area contributed by atoms with E-state index in [1.54, 1.807) is 6.92 Å². The third kappa shape index (κ3) is 3.90. The van der Waals surface area contributed by atoms with Crippen LogP contribution in [0.15, 0.2) is 11.6 Å². The molecule has 2 amide bonds. The quantitative estimate of drug-likeness (QED) is 0.548. The zero-order valence-corrected chi connectivity index (χ0v) is 19.4. The summed E-state index contributed by atoms with van der Waals surface area (Å²) in [6, 6.07) is -1.32. The molecule has 0 unspecified atom stereocenters. The van der Waals surface area contributed by atoms with E-state index in [4.69, 9.17) is 4.74 Å². The van der Waals surface area contributed by atoms with Gasteiger partial charge in [-0.05, 0) is 63.7 Å². The standard InChI is InChI=1S/C24H38N2O4/c1-14(2)18-8-7-16(4)24(12-11-15(3)13-24)21(18)25-22(28)17(5)26-19(23(29)30-6)9-10-20(26)27/h13-14,16-19,21H,7-12H2,1-6H3,(H,25,28)/t16-,17+,18+,19-,21-,24-/m1/s1. The second kappa shape index (κ2) is 8.72. The summed E-state index contributed by atoms with van der Waals surface area (Å²) in [5.41, 5.74) is 1.38. The van der Waals surface area contributed by atoms with Crippen LogP contribution >= 0.6 is 0 Å². The van der Waals surface area contributed by atoms with Gasteiger partial charge in [0.25, 0.3) is 0 Å². The number of hydrogen-bond acceptors (Lipinski definition) is 4. The van der Waals surface area contributed by atoms with Crippen LogP contribution in [-0.2, 0) is 19.1 Å². The number of amides is 2. The SMILES string of the molecule is COC(=O)[C@H]1CCC(=O)N1[C@@H](C)C(=O)N[C@@H]1[C@H](C(C)C)CC[C@@H](C)[C@@]12C=C(C)CC2. The van der Waals surface area contributed by atoms with Gasteiger partial charge in [-0.3, -0.25) is 9.59 Å². The summed E-state index contributed by atoms with van der Waals surface area (Å²) >= 11 is 0.